The molecule has 0 aliphatic rings. The summed E-state index contributed by atoms with van der Waals surface area (Å²) in [6.07, 6.45) is 0. The number of rotatable bonds is 1. The third-order valence-electron chi connectivity index (χ3n) is 0.450. The van der Waals surface area contributed by atoms with Crippen molar-refractivity contribution in [2.24, 2.45) is 10.3 Å². The van der Waals surface area contributed by atoms with Gasteiger partial charge in [-0.3, -0.25) is 5.43 Å². The largest absolute Gasteiger partial charge is 0.295 e. The second-order valence-electron chi connectivity index (χ2n) is 2.59. The predicted molar refractivity (Wildman–Crippen MR) is 33.7 cm³/mol. The molecule has 0 bridgehead atoms. The van der Waals surface area contributed by atoms with E-state index in [2.05, 4.69) is 15.8 Å². The minimum atomic E-state index is -0.0526. The van der Waals surface area contributed by atoms with E-state index in [1.807, 2.05) is 20.8 Å². The zero-order valence-corrected chi connectivity index (χ0v) is 5.89. The molecule has 0 spiro atoms. The maximum Gasteiger partial charge on any atom is 0.0753 e. The zero-order valence-electron chi connectivity index (χ0n) is 5.89. The smallest absolute Gasteiger partial charge is 0.0753 e. The topological polar surface area (TPSA) is 36.8 Å². The third kappa shape index (κ3) is 5.40. The van der Waals surface area contributed by atoms with Crippen molar-refractivity contribution in [1.29, 1.82) is 0 Å². The van der Waals surface area contributed by atoms with Crippen molar-refractivity contribution >= 4 is 0 Å². The summed E-state index contributed by atoms with van der Waals surface area (Å²) in [5.41, 5.74) is 2.53. The molecule has 0 aromatic heterocycles. The number of nitrogens with one attached hydrogen (secondary N) is 1. The Balaban J connectivity index is 3.52. The van der Waals surface area contributed by atoms with Crippen LogP contribution in [0.1, 0.15) is 20.8 Å². The van der Waals surface area contributed by atoms with Gasteiger partial charge in [0.2, 0.25) is 0 Å². The Bertz CT molecular complexity index is 80.2. The Kier molecular flexibility index (Phi) is 2.45. The van der Waals surface area contributed by atoms with Crippen molar-refractivity contribution < 1.29 is 0 Å². The molecule has 0 aromatic rings. The van der Waals surface area contributed by atoms with Crippen molar-refractivity contribution in [2.75, 3.05) is 7.05 Å². The van der Waals surface area contributed by atoms with Crippen LogP contribution in [0.25, 0.3) is 0 Å². The maximum atomic E-state index is 3.89. The van der Waals surface area contributed by atoms with Crippen LogP contribution in [0.15, 0.2) is 10.3 Å². The summed E-state index contributed by atoms with van der Waals surface area (Å²) >= 11 is 0. The molecule has 0 unspecified atom stereocenters. The molecular formula is C5H13N3. The molecule has 0 radical (unpaired) electrons. The molecule has 0 aliphatic heterocycles. The van der Waals surface area contributed by atoms with E-state index in [0.717, 1.165) is 0 Å². The summed E-state index contributed by atoms with van der Waals surface area (Å²) < 4.78 is 0. The lowest BCUT2D eigenvalue weighted by Gasteiger charge is -2.07. The molecule has 1 N–H and O–H groups in total. The van der Waals surface area contributed by atoms with Gasteiger partial charge >= 0.3 is 0 Å². The molecule has 3 heteroatoms. The lowest BCUT2D eigenvalue weighted by molar-refractivity contribution is 0.524. The first-order valence-electron chi connectivity index (χ1n) is 2.65. The highest BCUT2D eigenvalue weighted by Crippen LogP contribution is 2.04. The molecule has 0 atom stereocenters. The van der Waals surface area contributed by atoms with Crippen LogP contribution >= 0.6 is 0 Å². The van der Waals surface area contributed by atoms with E-state index in [9.17, 15) is 0 Å². The van der Waals surface area contributed by atoms with Gasteiger partial charge in [-0.25, -0.2) is 0 Å². The van der Waals surface area contributed by atoms with Crippen LogP contribution in [0.3, 0.4) is 0 Å². The van der Waals surface area contributed by atoms with E-state index in [-0.39, 0.29) is 5.54 Å². The van der Waals surface area contributed by atoms with Gasteiger partial charge in [-0.2, -0.15) is 5.11 Å². The van der Waals surface area contributed by atoms with Gasteiger partial charge < -0.3 is 0 Å². The Labute approximate surface area is 50.2 Å². The van der Waals surface area contributed by atoms with Crippen LogP contribution < -0.4 is 5.43 Å². The van der Waals surface area contributed by atoms with E-state index >= 15 is 0 Å². The Morgan fingerprint density at radius 3 is 1.88 bits per heavy atom. The lowest BCUT2D eigenvalue weighted by Crippen LogP contribution is -2.09. The summed E-state index contributed by atoms with van der Waals surface area (Å²) in [4.78, 5) is 0. The van der Waals surface area contributed by atoms with Crippen molar-refractivity contribution in [3.8, 4) is 0 Å². The first-order chi connectivity index (χ1) is 3.56. The van der Waals surface area contributed by atoms with Crippen molar-refractivity contribution in [3.05, 3.63) is 0 Å². The first-order valence-corrected chi connectivity index (χ1v) is 2.65. The van der Waals surface area contributed by atoms with Gasteiger partial charge in [0.25, 0.3) is 0 Å². The normalized spacial score (nSPS) is 12.5. The molecule has 0 rings (SSSR count). The minimum Gasteiger partial charge on any atom is -0.295 e. The lowest BCUT2D eigenvalue weighted by atomic mass is 10.1. The van der Waals surface area contributed by atoms with Crippen LogP contribution in [-0.2, 0) is 0 Å². The van der Waals surface area contributed by atoms with Crippen molar-refractivity contribution in [3.63, 3.8) is 0 Å². The average molecular weight is 115 g/mol. The van der Waals surface area contributed by atoms with Gasteiger partial charge in [-0.15, -0.1) is 0 Å². The molecule has 3 nitrogen and oxygen atoms in total. The maximum absolute atomic E-state index is 3.89. The minimum absolute atomic E-state index is 0.0526. The molecule has 0 aromatic carbocycles. The monoisotopic (exact) mass is 115 g/mol. The van der Waals surface area contributed by atoms with Crippen LogP contribution in [0.4, 0.5) is 0 Å². The van der Waals surface area contributed by atoms with E-state index in [0.29, 0.717) is 0 Å². The highest BCUT2D eigenvalue weighted by molar-refractivity contribution is 4.65. The predicted octanol–water partition coefficient (Wildman–Crippen LogP) is 1.37. The molecule has 8 heavy (non-hydrogen) atoms. The molecule has 0 fully saturated rings. The first kappa shape index (κ1) is 7.40. The fourth-order valence-corrected chi connectivity index (χ4v) is 0.200. The van der Waals surface area contributed by atoms with Crippen LogP contribution in [0.5, 0.6) is 0 Å². The highest BCUT2D eigenvalue weighted by atomic mass is 15.4. The summed E-state index contributed by atoms with van der Waals surface area (Å²) in [6, 6.07) is 0. The fourth-order valence-electron chi connectivity index (χ4n) is 0.200. The number of nitrogens with zero attached hydrogens (tertiary/aromatic N) is 2. The van der Waals surface area contributed by atoms with Crippen LogP contribution in [-0.4, -0.2) is 12.6 Å². The average Bonchev–Trinajstić information content (AvgIpc) is 1.59. The van der Waals surface area contributed by atoms with E-state index in [4.69, 9.17) is 0 Å². The summed E-state index contributed by atoms with van der Waals surface area (Å²) in [5, 5.41) is 7.51. The standard InChI is InChI=1S/C5H13N3/c1-5(2,3)7-8-6-4/h1-4H3,(H,6,7). The molecule has 0 amide bonds. The quantitative estimate of drug-likeness (QED) is 0.406. The molecule has 0 saturated heterocycles. The molecule has 0 saturated carbocycles. The Hall–Kier alpha value is -0.600. The summed E-state index contributed by atoms with van der Waals surface area (Å²) in [6.45, 7) is 5.98. The van der Waals surface area contributed by atoms with Gasteiger partial charge in [0.1, 0.15) is 0 Å². The van der Waals surface area contributed by atoms with E-state index < -0.39 is 0 Å². The fraction of sp³-hybridized carbons (Fsp3) is 1.00. The summed E-state index contributed by atoms with van der Waals surface area (Å²) in [7, 11) is 1.73. The zero-order chi connectivity index (χ0) is 6.62. The van der Waals surface area contributed by atoms with Gasteiger partial charge in [-0.05, 0) is 20.8 Å². The Morgan fingerprint density at radius 1 is 1.25 bits per heavy atom. The second-order valence-corrected chi connectivity index (χ2v) is 2.59. The van der Waals surface area contributed by atoms with Gasteiger partial charge in [0.15, 0.2) is 0 Å². The molecule has 0 aliphatic carbocycles. The van der Waals surface area contributed by atoms with Gasteiger partial charge in [0, 0.05) is 7.05 Å². The number of hydrogen-bond acceptors (Lipinski definition) is 2. The number of hydrogen-bond donors (Lipinski definition) is 1. The van der Waals surface area contributed by atoms with Crippen LogP contribution in [0.2, 0.25) is 0 Å². The van der Waals surface area contributed by atoms with Crippen molar-refractivity contribution in [2.45, 2.75) is 26.3 Å². The van der Waals surface area contributed by atoms with Crippen molar-refractivity contribution in [1.82, 2.24) is 5.43 Å². The molecule has 0 heterocycles. The van der Waals surface area contributed by atoms with Gasteiger partial charge in [0.05, 0.1) is 5.54 Å². The third-order valence-corrected chi connectivity index (χ3v) is 0.450. The highest BCUT2D eigenvalue weighted by Gasteiger charge is 2.05. The Morgan fingerprint density at radius 2 is 1.75 bits per heavy atom. The molecule has 48 valence electrons. The SMILES string of the molecule is CN/N=N\C(C)(C)C. The second kappa shape index (κ2) is 2.64. The van der Waals surface area contributed by atoms with Crippen LogP contribution in [0, 0.1) is 0 Å². The summed E-state index contributed by atoms with van der Waals surface area (Å²) in [5.74, 6) is 0. The van der Waals surface area contributed by atoms with E-state index in [1.54, 1.807) is 7.05 Å². The van der Waals surface area contributed by atoms with Gasteiger partial charge in [-0.1, -0.05) is 5.22 Å². The van der Waals surface area contributed by atoms with E-state index in [1.165, 1.54) is 0 Å². The molecular weight excluding hydrogens is 102 g/mol.